The molecule has 0 aliphatic carbocycles. The molecule has 0 radical (unpaired) electrons. The van der Waals surface area contributed by atoms with Crippen LogP contribution in [0.5, 0.6) is 5.75 Å². The number of carbonyl (C=O) groups is 1. The summed E-state index contributed by atoms with van der Waals surface area (Å²) in [5, 5.41) is 8.49. The highest BCUT2D eigenvalue weighted by molar-refractivity contribution is 5.79. The maximum absolute atomic E-state index is 10.6. The maximum Gasteiger partial charge on any atom is 0.153 e. The Morgan fingerprint density at radius 3 is 2.93 bits per heavy atom. The second-order valence-electron chi connectivity index (χ2n) is 2.53. The van der Waals surface area contributed by atoms with Crippen LogP contribution in [0.1, 0.15) is 15.9 Å². The smallest absolute Gasteiger partial charge is 0.153 e. The van der Waals surface area contributed by atoms with Crippen molar-refractivity contribution in [1.82, 2.24) is 0 Å². The first-order valence-corrected chi connectivity index (χ1v) is 4.04. The molecule has 1 aromatic carbocycles. The quantitative estimate of drug-likeness (QED) is 0.555. The molecular formula is C11H10O3. The lowest BCUT2D eigenvalue weighted by atomic mass is 10.1. The standard InChI is InChI=1S/C11H10O3/c1-14-11-7-9(3-2-6-12)4-5-10(11)8-13/h4-5,7-8,12H,6H2,1H3. The minimum Gasteiger partial charge on any atom is -0.496 e. The molecule has 0 saturated heterocycles. The summed E-state index contributed by atoms with van der Waals surface area (Å²) in [5.74, 6) is 5.73. The lowest BCUT2D eigenvalue weighted by Gasteiger charge is -2.02. The molecule has 14 heavy (non-hydrogen) atoms. The fraction of sp³-hybridized carbons (Fsp3) is 0.182. The van der Waals surface area contributed by atoms with Gasteiger partial charge in [-0.3, -0.25) is 4.79 Å². The monoisotopic (exact) mass is 190 g/mol. The maximum atomic E-state index is 10.6. The van der Waals surface area contributed by atoms with Gasteiger partial charge in [-0.25, -0.2) is 0 Å². The van der Waals surface area contributed by atoms with Crippen LogP contribution in [0.2, 0.25) is 0 Å². The van der Waals surface area contributed by atoms with Crippen molar-refractivity contribution in [3.05, 3.63) is 29.3 Å². The van der Waals surface area contributed by atoms with Gasteiger partial charge in [-0.1, -0.05) is 11.8 Å². The Bertz CT molecular complexity index is 385. The number of rotatable bonds is 2. The van der Waals surface area contributed by atoms with Crippen LogP contribution < -0.4 is 4.74 Å². The van der Waals surface area contributed by atoms with Gasteiger partial charge in [0.1, 0.15) is 12.4 Å². The average Bonchev–Trinajstić information content (AvgIpc) is 2.25. The van der Waals surface area contributed by atoms with Crippen LogP contribution in [0, 0.1) is 11.8 Å². The van der Waals surface area contributed by atoms with E-state index in [-0.39, 0.29) is 6.61 Å². The van der Waals surface area contributed by atoms with Crippen LogP contribution in [0.3, 0.4) is 0 Å². The van der Waals surface area contributed by atoms with Gasteiger partial charge in [-0.05, 0) is 18.2 Å². The fourth-order valence-corrected chi connectivity index (χ4v) is 1.03. The topological polar surface area (TPSA) is 46.5 Å². The highest BCUT2D eigenvalue weighted by atomic mass is 16.5. The van der Waals surface area contributed by atoms with E-state index in [1.54, 1.807) is 18.2 Å². The number of benzene rings is 1. The van der Waals surface area contributed by atoms with Crippen molar-refractivity contribution in [2.75, 3.05) is 13.7 Å². The van der Waals surface area contributed by atoms with Gasteiger partial charge in [0, 0.05) is 5.56 Å². The molecular weight excluding hydrogens is 180 g/mol. The van der Waals surface area contributed by atoms with E-state index in [2.05, 4.69) is 11.8 Å². The lowest BCUT2D eigenvalue weighted by Crippen LogP contribution is -1.91. The van der Waals surface area contributed by atoms with Gasteiger partial charge >= 0.3 is 0 Å². The molecule has 1 N–H and O–H groups in total. The Balaban J connectivity index is 3.07. The molecule has 0 amide bonds. The zero-order valence-corrected chi connectivity index (χ0v) is 7.78. The van der Waals surface area contributed by atoms with Gasteiger partial charge in [0.2, 0.25) is 0 Å². The minimum atomic E-state index is -0.183. The predicted molar refractivity (Wildman–Crippen MR) is 52.3 cm³/mol. The molecule has 0 atom stereocenters. The summed E-state index contributed by atoms with van der Waals surface area (Å²) in [4.78, 5) is 10.6. The number of aliphatic hydroxyl groups excluding tert-OH is 1. The van der Waals surface area contributed by atoms with Crippen molar-refractivity contribution >= 4 is 6.29 Å². The summed E-state index contributed by atoms with van der Waals surface area (Å²) in [6, 6.07) is 4.99. The lowest BCUT2D eigenvalue weighted by molar-refractivity contribution is 0.112. The number of carbonyl (C=O) groups excluding carboxylic acids is 1. The van der Waals surface area contributed by atoms with Gasteiger partial charge in [-0.2, -0.15) is 0 Å². The highest BCUT2D eigenvalue weighted by Gasteiger charge is 2.01. The molecule has 0 fully saturated rings. The number of ether oxygens (including phenoxy) is 1. The van der Waals surface area contributed by atoms with E-state index in [1.807, 2.05) is 0 Å². The Hall–Kier alpha value is -1.79. The van der Waals surface area contributed by atoms with Gasteiger partial charge < -0.3 is 9.84 Å². The Morgan fingerprint density at radius 2 is 2.36 bits per heavy atom. The van der Waals surface area contributed by atoms with E-state index in [4.69, 9.17) is 9.84 Å². The van der Waals surface area contributed by atoms with Crippen LogP contribution in [0.15, 0.2) is 18.2 Å². The van der Waals surface area contributed by atoms with E-state index < -0.39 is 0 Å². The number of hydrogen-bond donors (Lipinski definition) is 1. The number of hydrogen-bond acceptors (Lipinski definition) is 3. The summed E-state index contributed by atoms with van der Waals surface area (Å²) in [6.07, 6.45) is 0.724. The van der Waals surface area contributed by atoms with Crippen molar-refractivity contribution in [1.29, 1.82) is 0 Å². The molecule has 72 valence electrons. The molecule has 0 spiro atoms. The summed E-state index contributed by atoms with van der Waals surface area (Å²) in [7, 11) is 1.49. The summed E-state index contributed by atoms with van der Waals surface area (Å²) in [6.45, 7) is -0.183. The first-order valence-electron chi connectivity index (χ1n) is 4.04. The summed E-state index contributed by atoms with van der Waals surface area (Å²) in [5.41, 5.74) is 1.20. The van der Waals surface area contributed by atoms with Crippen LogP contribution in [-0.4, -0.2) is 25.1 Å². The molecule has 0 bridgehead atoms. The Morgan fingerprint density at radius 1 is 1.57 bits per heavy atom. The van der Waals surface area contributed by atoms with Gasteiger partial charge in [0.05, 0.1) is 12.7 Å². The van der Waals surface area contributed by atoms with Crippen LogP contribution >= 0.6 is 0 Å². The predicted octanol–water partition coefficient (Wildman–Crippen LogP) is 0.851. The highest BCUT2D eigenvalue weighted by Crippen LogP contribution is 2.17. The molecule has 0 saturated carbocycles. The SMILES string of the molecule is COc1cc(C#CCO)ccc1C=O. The second-order valence-corrected chi connectivity index (χ2v) is 2.53. The van der Waals surface area contributed by atoms with E-state index in [1.165, 1.54) is 7.11 Å². The largest absolute Gasteiger partial charge is 0.496 e. The molecule has 0 aliphatic rings. The van der Waals surface area contributed by atoms with E-state index in [0.29, 0.717) is 16.9 Å². The minimum absolute atomic E-state index is 0.183. The van der Waals surface area contributed by atoms with Crippen LogP contribution in [0.4, 0.5) is 0 Å². The van der Waals surface area contributed by atoms with Gasteiger partial charge in [0.15, 0.2) is 6.29 Å². The molecule has 0 heterocycles. The fourth-order valence-electron chi connectivity index (χ4n) is 1.03. The molecule has 0 unspecified atom stereocenters. The number of aldehydes is 1. The number of aliphatic hydroxyl groups is 1. The van der Waals surface area contributed by atoms with Crippen molar-refractivity contribution in [2.24, 2.45) is 0 Å². The van der Waals surface area contributed by atoms with E-state index in [9.17, 15) is 4.79 Å². The Labute approximate surface area is 82.3 Å². The number of methoxy groups -OCH3 is 1. The Kier molecular flexibility index (Phi) is 3.71. The van der Waals surface area contributed by atoms with Crippen LogP contribution in [-0.2, 0) is 0 Å². The third-order valence-corrected chi connectivity index (χ3v) is 1.67. The average molecular weight is 190 g/mol. The van der Waals surface area contributed by atoms with E-state index >= 15 is 0 Å². The van der Waals surface area contributed by atoms with E-state index in [0.717, 1.165) is 6.29 Å². The van der Waals surface area contributed by atoms with Crippen molar-refractivity contribution in [2.45, 2.75) is 0 Å². The van der Waals surface area contributed by atoms with Gasteiger partial charge in [0.25, 0.3) is 0 Å². The molecule has 3 heteroatoms. The summed E-state index contributed by atoms with van der Waals surface area (Å²) >= 11 is 0. The van der Waals surface area contributed by atoms with Crippen LogP contribution in [0.25, 0.3) is 0 Å². The molecule has 1 rings (SSSR count). The van der Waals surface area contributed by atoms with Crippen molar-refractivity contribution < 1.29 is 14.6 Å². The zero-order chi connectivity index (χ0) is 10.4. The molecule has 0 aromatic heterocycles. The summed E-state index contributed by atoms with van der Waals surface area (Å²) < 4.78 is 5.00. The first kappa shape index (κ1) is 10.3. The first-order chi connectivity index (χ1) is 6.81. The normalized spacial score (nSPS) is 8.71. The van der Waals surface area contributed by atoms with Crippen molar-refractivity contribution in [3.8, 4) is 17.6 Å². The third kappa shape index (κ3) is 2.35. The molecule has 3 nitrogen and oxygen atoms in total. The van der Waals surface area contributed by atoms with Gasteiger partial charge in [-0.15, -0.1) is 0 Å². The zero-order valence-electron chi connectivity index (χ0n) is 7.78. The third-order valence-electron chi connectivity index (χ3n) is 1.67. The molecule has 0 aliphatic heterocycles. The van der Waals surface area contributed by atoms with Crippen molar-refractivity contribution in [3.63, 3.8) is 0 Å². The second kappa shape index (κ2) is 5.05. The molecule has 1 aromatic rings.